The third kappa shape index (κ3) is 2.36. The molecular weight excluding hydrogens is 214 g/mol. The molecule has 2 rings (SSSR count). The van der Waals surface area contributed by atoms with Crippen molar-refractivity contribution in [3.8, 4) is 0 Å². The minimum Gasteiger partial charge on any atom is -0.382 e. The lowest BCUT2D eigenvalue weighted by molar-refractivity contribution is 0.206. The highest BCUT2D eigenvalue weighted by molar-refractivity contribution is 5.29. The molecule has 0 radical (unpaired) electrons. The SMILES string of the molecule is CCCn1nccc1C(O)c1cnccc1C. The van der Waals surface area contributed by atoms with Crippen molar-refractivity contribution >= 4 is 0 Å². The molecule has 4 heteroatoms. The summed E-state index contributed by atoms with van der Waals surface area (Å²) in [5, 5.41) is 14.6. The van der Waals surface area contributed by atoms with Crippen LogP contribution in [0.4, 0.5) is 0 Å². The van der Waals surface area contributed by atoms with E-state index in [0.717, 1.165) is 29.8 Å². The topological polar surface area (TPSA) is 50.9 Å². The zero-order chi connectivity index (χ0) is 12.3. The van der Waals surface area contributed by atoms with Gasteiger partial charge < -0.3 is 5.11 Å². The second kappa shape index (κ2) is 5.10. The molecule has 0 aromatic carbocycles. The predicted octanol–water partition coefficient (Wildman–Crippen LogP) is 2.08. The normalized spacial score (nSPS) is 12.6. The van der Waals surface area contributed by atoms with E-state index in [2.05, 4.69) is 17.0 Å². The molecule has 1 N–H and O–H groups in total. The second-order valence-corrected chi connectivity index (χ2v) is 4.11. The first kappa shape index (κ1) is 11.8. The van der Waals surface area contributed by atoms with Gasteiger partial charge in [-0.2, -0.15) is 5.10 Å². The molecule has 0 amide bonds. The summed E-state index contributed by atoms with van der Waals surface area (Å²) in [5.41, 5.74) is 2.70. The first-order valence-corrected chi connectivity index (χ1v) is 5.84. The van der Waals surface area contributed by atoms with Crippen molar-refractivity contribution in [1.82, 2.24) is 14.8 Å². The number of hydrogen-bond acceptors (Lipinski definition) is 3. The minimum absolute atomic E-state index is 0.655. The van der Waals surface area contributed by atoms with E-state index in [1.807, 2.05) is 23.7 Å². The molecule has 0 spiro atoms. The van der Waals surface area contributed by atoms with Gasteiger partial charge >= 0.3 is 0 Å². The molecule has 0 saturated heterocycles. The highest BCUT2D eigenvalue weighted by Gasteiger charge is 2.16. The summed E-state index contributed by atoms with van der Waals surface area (Å²) in [6, 6.07) is 3.76. The quantitative estimate of drug-likeness (QED) is 0.876. The van der Waals surface area contributed by atoms with Crippen LogP contribution in [0.2, 0.25) is 0 Å². The maximum atomic E-state index is 10.4. The maximum absolute atomic E-state index is 10.4. The Bertz CT molecular complexity index is 493. The van der Waals surface area contributed by atoms with Gasteiger partial charge in [-0.25, -0.2) is 0 Å². The van der Waals surface area contributed by atoms with Gasteiger partial charge in [-0.15, -0.1) is 0 Å². The van der Waals surface area contributed by atoms with Crippen LogP contribution in [0.15, 0.2) is 30.7 Å². The Balaban J connectivity index is 2.34. The molecule has 0 aliphatic heterocycles. The molecule has 2 aromatic rings. The molecule has 2 heterocycles. The van der Waals surface area contributed by atoms with E-state index in [4.69, 9.17) is 0 Å². The summed E-state index contributed by atoms with van der Waals surface area (Å²) in [6.45, 7) is 4.88. The first-order chi connectivity index (χ1) is 8.24. The number of aromatic nitrogens is 3. The summed E-state index contributed by atoms with van der Waals surface area (Å²) < 4.78 is 1.84. The maximum Gasteiger partial charge on any atom is 0.122 e. The third-order valence-corrected chi connectivity index (χ3v) is 2.84. The van der Waals surface area contributed by atoms with E-state index < -0.39 is 6.10 Å². The number of aliphatic hydroxyl groups is 1. The van der Waals surface area contributed by atoms with Gasteiger partial charge in [0, 0.05) is 30.7 Å². The molecule has 0 fully saturated rings. The molecule has 0 aliphatic carbocycles. The van der Waals surface area contributed by atoms with Crippen molar-refractivity contribution in [1.29, 1.82) is 0 Å². The van der Waals surface area contributed by atoms with Gasteiger partial charge in [0.2, 0.25) is 0 Å². The number of hydrogen-bond donors (Lipinski definition) is 1. The van der Waals surface area contributed by atoms with Crippen LogP contribution in [-0.2, 0) is 6.54 Å². The molecule has 2 aromatic heterocycles. The molecule has 1 atom stereocenters. The van der Waals surface area contributed by atoms with Gasteiger partial charge in [-0.05, 0) is 31.0 Å². The highest BCUT2D eigenvalue weighted by atomic mass is 16.3. The Morgan fingerprint density at radius 2 is 2.18 bits per heavy atom. The van der Waals surface area contributed by atoms with Gasteiger partial charge in [0.15, 0.2) is 0 Å². The molecule has 90 valence electrons. The van der Waals surface area contributed by atoms with Crippen molar-refractivity contribution in [3.05, 3.63) is 47.5 Å². The lowest BCUT2D eigenvalue weighted by Gasteiger charge is -2.14. The van der Waals surface area contributed by atoms with Gasteiger partial charge in [0.05, 0.1) is 5.69 Å². The summed E-state index contributed by atoms with van der Waals surface area (Å²) >= 11 is 0. The van der Waals surface area contributed by atoms with Crippen LogP contribution >= 0.6 is 0 Å². The van der Waals surface area contributed by atoms with Crippen molar-refractivity contribution in [2.24, 2.45) is 0 Å². The zero-order valence-corrected chi connectivity index (χ0v) is 10.2. The van der Waals surface area contributed by atoms with Crippen molar-refractivity contribution in [2.45, 2.75) is 32.9 Å². The Labute approximate surface area is 101 Å². The molecule has 4 nitrogen and oxygen atoms in total. The molecular formula is C13H17N3O. The van der Waals surface area contributed by atoms with E-state index in [9.17, 15) is 5.11 Å². The largest absolute Gasteiger partial charge is 0.382 e. The molecule has 0 aliphatic rings. The highest BCUT2D eigenvalue weighted by Crippen LogP contribution is 2.23. The first-order valence-electron chi connectivity index (χ1n) is 5.84. The fourth-order valence-electron chi connectivity index (χ4n) is 1.90. The molecule has 0 saturated carbocycles. The van der Waals surface area contributed by atoms with Gasteiger partial charge in [0.25, 0.3) is 0 Å². The van der Waals surface area contributed by atoms with Gasteiger partial charge in [-0.3, -0.25) is 9.67 Å². The van der Waals surface area contributed by atoms with E-state index in [1.165, 1.54) is 0 Å². The van der Waals surface area contributed by atoms with Crippen LogP contribution in [0.5, 0.6) is 0 Å². The van der Waals surface area contributed by atoms with Crippen LogP contribution < -0.4 is 0 Å². The summed E-state index contributed by atoms with van der Waals surface area (Å²) in [6.07, 6.45) is 5.50. The van der Waals surface area contributed by atoms with Crippen molar-refractivity contribution < 1.29 is 5.11 Å². The Hall–Kier alpha value is -1.68. The second-order valence-electron chi connectivity index (χ2n) is 4.11. The lowest BCUT2D eigenvalue weighted by Crippen LogP contribution is -2.11. The average molecular weight is 231 g/mol. The molecule has 0 bridgehead atoms. The summed E-state index contributed by atoms with van der Waals surface area (Å²) in [4.78, 5) is 4.06. The minimum atomic E-state index is -0.655. The zero-order valence-electron chi connectivity index (χ0n) is 10.2. The Morgan fingerprint density at radius 3 is 2.88 bits per heavy atom. The Morgan fingerprint density at radius 1 is 1.35 bits per heavy atom. The van der Waals surface area contributed by atoms with Gasteiger partial charge in [0.1, 0.15) is 6.10 Å². The fourth-order valence-corrected chi connectivity index (χ4v) is 1.90. The van der Waals surface area contributed by atoms with Crippen LogP contribution in [0.3, 0.4) is 0 Å². The Kier molecular flexibility index (Phi) is 3.54. The van der Waals surface area contributed by atoms with E-state index >= 15 is 0 Å². The number of rotatable bonds is 4. The summed E-state index contributed by atoms with van der Waals surface area (Å²) in [7, 11) is 0. The van der Waals surface area contributed by atoms with Crippen molar-refractivity contribution in [2.75, 3.05) is 0 Å². The smallest absolute Gasteiger partial charge is 0.122 e. The number of pyridine rings is 1. The monoisotopic (exact) mass is 231 g/mol. The van der Waals surface area contributed by atoms with Crippen LogP contribution in [0.25, 0.3) is 0 Å². The lowest BCUT2D eigenvalue weighted by atomic mass is 10.0. The van der Waals surface area contributed by atoms with Crippen LogP contribution in [0, 0.1) is 6.92 Å². The van der Waals surface area contributed by atoms with Crippen LogP contribution in [0.1, 0.15) is 36.3 Å². The fraction of sp³-hybridized carbons (Fsp3) is 0.385. The number of aryl methyl sites for hydroxylation is 2. The number of nitrogens with zero attached hydrogens (tertiary/aromatic N) is 3. The van der Waals surface area contributed by atoms with Crippen molar-refractivity contribution in [3.63, 3.8) is 0 Å². The van der Waals surface area contributed by atoms with E-state index in [0.29, 0.717) is 0 Å². The average Bonchev–Trinajstić information content (AvgIpc) is 2.78. The standard InChI is InChI=1S/C13H17N3O/c1-3-8-16-12(5-7-15-16)13(17)11-9-14-6-4-10(11)2/h4-7,9,13,17H,3,8H2,1-2H3. The number of aliphatic hydroxyl groups excluding tert-OH is 1. The van der Waals surface area contributed by atoms with E-state index in [1.54, 1.807) is 18.6 Å². The van der Waals surface area contributed by atoms with E-state index in [-0.39, 0.29) is 0 Å². The van der Waals surface area contributed by atoms with Crippen LogP contribution in [-0.4, -0.2) is 19.9 Å². The molecule has 1 unspecified atom stereocenters. The predicted molar refractivity (Wildman–Crippen MR) is 65.6 cm³/mol. The summed E-state index contributed by atoms with van der Waals surface area (Å²) in [5.74, 6) is 0. The van der Waals surface area contributed by atoms with Gasteiger partial charge in [-0.1, -0.05) is 6.92 Å². The molecule has 17 heavy (non-hydrogen) atoms. The third-order valence-electron chi connectivity index (χ3n) is 2.84.